The van der Waals surface area contributed by atoms with Crippen molar-refractivity contribution in [2.24, 2.45) is 0 Å². The molecule has 0 radical (unpaired) electrons. The zero-order valence-corrected chi connectivity index (χ0v) is 16.4. The first-order valence-corrected chi connectivity index (χ1v) is 9.28. The molecule has 0 spiro atoms. The molecule has 0 fully saturated rings. The van der Waals surface area contributed by atoms with Crippen LogP contribution in [0.15, 0.2) is 40.3 Å². The summed E-state index contributed by atoms with van der Waals surface area (Å²) in [5.74, 6) is -0.484. The molecule has 3 rings (SSSR count). The van der Waals surface area contributed by atoms with Gasteiger partial charge in [-0.05, 0) is 38.5 Å². The van der Waals surface area contributed by atoms with Crippen LogP contribution in [0.3, 0.4) is 0 Å². The minimum absolute atomic E-state index is 0.00803. The molecule has 0 aliphatic heterocycles. The van der Waals surface area contributed by atoms with Gasteiger partial charge < -0.3 is 9.15 Å². The van der Waals surface area contributed by atoms with E-state index >= 15 is 0 Å². The van der Waals surface area contributed by atoms with Gasteiger partial charge in [-0.2, -0.15) is 0 Å². The monoisotopic (exact) mass is 384 g/mol. The van der Waals surface area contributed by atoms with Crippen LogP contribution in [-0.2, 0) is 16.1 Å². The predicted octanol–water partition coefficient (Wildman–Crippen LogP) is 4.70. The van der Waals surface area contributed by atoms with Gasteiger partial charge in [-0.3, -0.25) is 9.69 Å². The standard InChI is InChI=1S/C20H20N2O4S/c1-12-5-6-17(14(3)9-12)22(15(4)23)20-21-16(11-27-20)10-26-19(24)18-13(2)7-8-25-18/h5-9,11H,10H2,1-4H3. The number of ether oxygens (including phenoxy) is 1. The molecule has 0 bridgehead atoms. The van der Waals surface area contributed by atoms with Crippen molar-refractivity contribution in [2.75, 3.05) is 4.90 Å². The molecule has 1 aromatic carbocycles. The fourth-order valence-corrected chi connectivity index (χ4v) is 3.58. The summed E-state index contributed by atoms with van der Waals surface area (Å²) in [6.45, 7) is 7.25. The van der Waals surface area contributed by atoms with Gasteiger partial charge in [-0.25, -0.2) is 9.78 Å². The van der Waals surface area contributed by atoms with E-state index in [9.17, 15) is 9.59 Å². The average Bonchev–Trinajstić information content (AvgIpc) is 3.24. The van der Waals surface area contributed by atoms with E-state index < -0.39 is 5.97 Å². The van der Waals surface area contributed by atoms with Crippen LogP contribution in [-0.4, -0.2) is 16.9 Å². The van der Waals surface area contributed by atoms with Crippen molar-refractivity contribution >= 4 is 34.0 Å². The molecule has 27 heavy (non-hydrogen) atoms. The molecule has 6 nitrogen and oxygen atoms in total. The molecule has 140 valence electrons. The second kappa shape index (κ2) is 7.75. The molecule has 2 heterocycles. The van der Waals surface area contributed by atoms with Crippen LogP contribution in [0, 0.1) is 20.8 Å². The first-order chi connectivity index (χ1) is 12.9. The van der Waals surface area contributed by atoms with Gasteiger partial charge >= 0.3 is 5.97 Å². The fourth-order valence-electron chi connectivity index (χ4n) is 2.72. The van der Waals surface area contributed by atoms with Crippen LogP contribution in [0.4, 0.5) is 10.8 Å². The number of aromatic nitrogens is 1. The predicted molar refractivity (Wildman–Crippen MR) is 103 cm³/mol. The topological polar surface area (TPSA) is 72.6 Å². The number of carbonyl (C=O) groups is 2. The minimum atomic E-state index is -0.537. The Morgan fingerprint density at radius 1 is 1.19 bits per heavy atom. The number of amides is 1. The molecule has 7 heteroatoms. The fraction of sp³-hybridized carbons (Fsp3) is 0.250. The maximum atomic E-state index is 12.2. The van der Waals surface area contributed by atoms with E-state index in [-0.39, 0.29) is 18.3 Å². The molecule has 0 aliphatic carbocycles. The van der Waals surface area contributed by atoms with Gasteiger partial charge in [-0.1, -0.05) is 17.7 Å². The van der Waals surface area contributed by atoms with Crippen molar-refractivity contribution in [3.05, 3.63) is 64.1 Å². The number of esters is 1. The lowest BCUT2D eigenvalue weighted by molar-refractivity contribution is -0.115. The number of thiazole rings is 1. The summed E-state index contributed by atoms with van der Waals surface area (Å²) in [4.78, 5) is 30.3. The van der Waals surface area contributed by atoms with Crippen molar-refractivity contribution in [1.29, 1.82) is 0 Å². The van der Waals surface area contributed by atoms with Gasteiger partial charge in [0.15, 0.2) is 5.13 Å². The molecule has 1 amide bonds. The van der Waals surface area contributed by atoms with E-state index in [1.165, 1.54) is 24.5 Å². The molecule has 2 aromatic heterocycles. The number of hydrogen-bond acceptors (Lipinski definition) is 6. The van der Waals surface area contributed by atoms with Gasteiger partial charge in [0.1, 0.15) is 6.61 Å². The molecular weight excluding hydrogens is 364 g/mol. The minimum Gasteiger partial charge on any atom is -0.457 e. The molecule has 0 N–H and O–H groups in total. The first-order valence-electron chi connectivity index (χ1n) is 8.40. The van der Waals surface area contributed by atoms with Gasteiger partial charge in [0.05, 0.1) is 17.6 Å². The highest BCUT2D eigenvalue weighted by Gasteiger charge is 2.20. The summed E-state index contributed by atoms with van der Waals surface area (Å²) < 4.78 is 10.4. The summed E-state index contributed by atoms with van der Waals surface area (Å²) in [5, 5.41) is 2.31. The highest BCUT2D eigenvalue weighted by molar-refractivity contribution is 7.14. The van der Waals surface area contributed by atoms with Crippen LogP contribution in [0.2, 0.25) is 0 Å². The van der Waals surface area contributed by atoms with Gasteiger partial charge in [0.2, 0.25) is 11.7 Å². The zero-order valence-electron chi connectivity index (χ0n) is 15.6. The zero-order chi connectivity index (χ0) is 19.6. The van der Waals surface area contributed by atoms with Crippen molar-refractivity contribution < 1.29 is 18.7 Å². The van der Waals surface area contributed by atoms with E-state index in [4.69, 9.17) is 9.15 Å². The third-order valence-corrected chi connectivity index (χ3v) is 4.91. The summed E-state index contributed by atoms with van der Waals surface area (Å²) in [6.07, 6.45) is 1.45. The number of furan rings is 1. The first kappa shape index (κ1) is 18.8. The Bertz CT molecular complexity index is 990. The lowest BCUT2D eigenvalue weighted by atomic mass is 10.1. The summed E-state index contributed by atoms with van der Waals surface area (Å²) >= 11 is 1.33. The van der Waals surface area contributed by atoms with Crippen LogP contribution >= 0.6 is 11.3 Å². The molecule has 0 saturated carbocycles. The van der Waals surface area contributed by atoms with E-state index in [1.807, 2.05) is 32.0 Å². The third kappa shape index (κ3) is 4.09. The average molecular weight is 384 g/mol. The molecule has 0 atom stereocenters. The highest BCUT2D eigenvalue weighted by Crippen LogP contribution is 2.32. The van der Waals surface area contributed by atoms with Crippen molar-refractivity contribution in [3.8, 4) is 0 Å². The van der Waals surface area contributed by atoms with Crippen LogP contribution in [0.25, 0.3) is 0 Å². The highest BCUT2D eigenvalue weighted by atomic mass is 32.1. The Morgan fingerprint density at radius 3 is 2.59 bits per heavy atom. The van der Waals surface area contributed by atoms with E-state index in [0.717, 1.165) is 22.4 Å². The molecule has 3 aromatic rings. The summed E-state index contributed by atoms with van der Waals surface area (Å²) in [6, 6.07) is 7.59. The van der Waals surface area contributed by atoms with Crippen molar-refractivity contribution in [2.45, 2.75) is 34.3 Å². The Labute approximate surface area is 161 Å². The number of hydrogen-bond donors (Lipinski definition) is 0. The van der Waals surface area contributed by atoms with Crippen LogP contribution in [0.5, 0.6) is 0 Å². The Balaban J connectivity index is 1.77. The van der Waals surface area contributed by atoms with E-state index in [0.29, 0.717) is 10.8 Å². The van der Waals surface area contributed by atoms with Crippen LogP contribution < -0.4 is 4.90 Å². The largest absolute Gasteiger partial charge is 0.457 e. The molecule has 0 unspecified atom stereocenters. The SMILES string of the molecule is CC(=O)N(c1nc(COC(=O)c2occc2C)cs1)c1ccc(C)cc1C. The number of nitrogens with zero attached hydrogens (tertiary/aromatic N) is 2. The van der Waals surface area contributed by atoms with Gasteiger partial charge in [0, 0.05) is 17.9 Å². The quantitative estimate of drug-likeness (QED) is 0.596. The number of aryl methyl sites for hydroxylation is 3. The Kier molecular flexibility index (Phi) is 5.41. The van der Waals surface area contributed by atoms with E-state index in [1.54, 1.807) is 23.3 Å². The lowest BCUT2D eigenvalue weighted by Crippen LogP contribution is -2.23. The van der Waals surface area contributed by atoms with Crippen molar-refractivity contribution in [1.82, 2.24) is 4.98 Å². The maximum absolute atomic E-state index is 12.2. The number of anilines is 2. The smallest absolute Gasteiger partial charge is 0.374 e. The maximum Gasteiger partial charge on any atom is 0.374 e. The third-order valence-electron chi connectivity index (χ3n) is 4.04. The normalized spacial score (nSPS) is 10.7. The van der Waals surface area contributed by atoms with Crippen LogP contribution in [0.1, 0.15) is 39.9 Å². The molecule has 0 aliphatic rings. The molecular formula is C20H20N2O4S. The van der Waals surface area contributed by atoms with Crippen molar-refractivity contribution in [3.63, 3.8) is 0 Å². The number of rotatable bonds is 5. The molecule has 0 saturated heterocycles. The van der Waals surface area contributed by atoms with Gasteiger partial charge in [0.25, 0.3) is 0 Å². The number of benzene rings is 1. The lowest BCUT2D eigenvalue weighted by Gasteiger charge is -2.20. The van der Waals surface area contributed by atoms with E-state index in [2.05, 4.69) is 4.98 Å². The van der Waals surface area contributed by atoms with Gasteiger partial charge in [-0.15, -0.1) is 11.3 Å². The summed E-state index contributed by atoms with van der Waals surface area (Å²) in [7, 11) is 0. The summed E-state index contributed by atoms with van der Waals surface area (Å²) in [5.41, 5.74) is 4.19. The second-order valence-electron chi connectivity index (χ2n) is 6.27. The Hall–Kier alpha value is -2.93. The Morgan fingerprint density at radius 2 is 1.96 bits per heavy atom. The number of carbonyl (C=O) groups excluding carboxylic acids is 2. The second-order valence-corrected chi connectivity index (χ2v) is 7.11.